The molecule has 2 amide bonds. The van der Waals surface area contributed by atoms with Gasteiger partial charge in [0.05, 0.1) is 12.2 Å². The van der Waals surface area contributed by atoms with Crippen molar-refractivity contribution in [2.24, 2.45) is 7.05 Å². The Bertz CT molecular complexity index is 825. The lowest BCUT2D eigenvalue weighted by molar-refractivity contribution is -0.148. The Morgan fingerprint density at radius 1 is 1.42 bits per heavy atom. The van der Waals surface area contributed by atoms with Crippen molar-refractivity contribution in [3.63, 3.8) is 0 Å². The highest BCUT2D eigenvalue weighted by molar-refractivity contribution is 6.35. The van der Waals surface area contributed by atoms with Gasteiger partial charge in [0.15, 0.2) is 11.0 Å². The van der Waals surface area contributed by atoms with E-state index in [1.165, 1.54) is 12.3 Å². The van der Waals surface area contributed by atoms with Gasteiger partial charge < -0.3 is 10.2 Å². The maximum Gasteiger partial charge on any atom is 0.312 e. The van der Waals surface area contributed by atoms with E-state index in [2.05, 4.69) is 15.4 Å². The molecule has 7 nitrogen and oxygen atoms in total. The fraction of sp³-hybridized carbons (Fsp3) is 0.412. The molecule has 0 bridgehead atoms. The van der Waals surface area contributed by atoms with Crippen LogP contribution in [0.1, 0.15) is 36.4 Å². The molecule has 138 valence electrons. The second-order valence-electron chi connectivity index (χ2n) is 6.22. The molecule has 3 heterocycles. The third-order valence-corrected chi connectivity index (χ3v) is 4.70. The smallest absolute Gasteiger partial charge is 0.312 e. The normalized spacial score (nSPS) is 17.2. The Morgan fingerprint density at radius 2 is 2.23 bits per heavy atom. The van der Waals surface area contributed by atoms with Crippen molar-refractivity contribution in [2.45, 2.75) is 31.8 Å². The first-order chi connectivity index (χ1) is 12.5. The van der Waals surface area contributed by atoms with Gasteiger partial charge in [0.25, 0.3) is 0 Å². The summed E-state index contributed by atoms with van der Waals surface area (Å²) in [5, 5.41) is 6.34. The van der Waals surface area contributed by atoms with E-state index in [4.69, 9.17) is 11.6 Å². The van der Waals surface area contributed by atoms with Crippen molar-refractivity contribution in [1.82, 2.24) is 25.0 Å². The van der Waals surface area contributed by atoms with Gasteiger partial charge in [0.2, 0.25) is 0 Å². The lowest BCUT2D eigenvalue weighted by Crippen LogP contribution is -2.46. The average Bonchev–Trinajstić information content (AvgIpc) is 3.08. The van der Waals surface area contributed by atoms with Gasteiger partial charge in [-0.3, -0.25) is 14.3 Å². The lowest BCUT2D eigenvalue weighted by Gasteiger charge is -2.34. The number of carbonyl (C=O) groups is 2. The molecule has 1 saturated heterocycles. The van der Waals surface area contributed by atoms with Gasteiger partial charge in [-0.15, -0.1) is 0 Å². The van der Waals surface area contributed by atoms with E-state index in [1.807, 2.05) is 6.20 Å². The van der Waals surface area contributed by atoms with E-state index in [9.17, 15) is 14.0 Å². The van der Waals surface area contributed by atoms with Crippen LogP contribution in [-0.2, 0) is 23.2 Å². The molecule has 0 radical (unpaired) electrons. The zero-order valence-corrected chi connectivity index (χ0v) is 15.0. The Balaban J connectivity index is 1.68. The molecule has 0 saturated carbocycles. The highest BCUT2D eigenvalue weighted by Gasteiger charge is 2.32. The van der Waals surface area contributed by atoms with E-state index < -0.39 is 17.6 Å². The monoisotopic (exact) mass is 379 g/mol. The molecule has 1 unspecified atom stereocenters. The standard InChI is InChI=1S/C17H19ClFN5O2/c1-23-10-12(9-22-23)13-4-2-3-7-24(13)17(26)16(25)21-8-11-5-6-20-15(18)14(11)19/h5-6,9-10,13H,2-4,7-8H2,1H3,(H,21,25). The van der Waals surface area contributed by atoms with Crippen LogP contribution in [0, 0.1) is 5.82 Å². The minimum absolute atomic E-state index is 0.135. The predicted molar refractivity (Wildman–Crippen MR) is 92.6 cm³/mol. The fourth-order valence-corrected chi connectivity index (χ4v) is 3.28. The second kappa shape index (κ2) is 7.82. The second-order valence-corrected chi connectivity index (χ2v) is 6.57. The Kier molecular flexibility index (Phi) is 5.51. The zero-order valence-electron chi connectivity index (χ0n) is 14.3. The fourth-order valence-electron chi connectivity index (χ4n) is 3.11. The molecule has 3 rings (SSSR count). The summed E-state index contributed by atoms with van der Waals surface area (Å²) in [6.45, 7) is 0.366. The molecule has 2 aromatic heterocycles. The van der Waals surface area contributed by atoms with E-state index in [1.54, 1.807) is 22.8 Å². The molecular weight excluding hydrogens is 361 g/mol. The molecule has 9 heteroatoms. The summed E-state index contributed by atoms with van der Waals surface area (Å²) in [5.74, 6) is -2.10. The first-order valence-electron chi connectivity index (χ1n) is 8.33. The summed E-state index contributed by atoms with van der Waals surface area (Å²) in [4.78, 5) is 30.1. The summed E-state index contributed by atoms with van der Waals surface area (Å²) in [6.07, 6.45) is 7.50. The van der Waals surface area contributed by atoms with Gasteiger partial charge in [0, 0.05) is 43.7 Å². The quantitative estimate of drug-likeness (QED) is 0.653. The highest BCUT2D eigenvalue weighted by Crippen LogP contribution is 2.30. The average molecular weight is 380 g/mol. The molecular formula is C17H19ClFN5O2. The van der Waals surface area contributed by atoms with Gasteiger partial charge >= 0.3 is 11.8 Å². The van der Waals surface area contributed by atoms with Crippen LogP contribution < -0.4 is 5.32 Å². The van der Waals surface area contributed by atoms with Crippen LogP contribution in [0.2, 0.25) is 5.15 Å². The number of likely N-dealkylation sites (tertiary alicyclic amines) is 1. The summed E-state index contributed by atoms with van der Waals surface area (Å²) in [5.41, 5.74) is 1.08. The summed E-state index contributed by atoms with van der Waals surface area (Å²) in [7, 11) is 1.81. The van der Waals surface area contributed by atoms with Crippen LogP contribution in [0.15, 0.2) is 24.7 Å². The zero-order chi connectivity index (χ0) is 18.7. The van der Waals surface area contributed by atoms with Gasteiger partial charge in [-0.25, -0.2) is 9.37 Å². The first-order valence-corrected chi connectivity index (χ1v) is 8.71. The van der Waals surface area contributed by atoms with Crippen molar-refractivity contribution in [2.75, 3.05) is 6.54 Å². The number of amides is 2. The van der Waals surface area contributed by atoms with Crippen LogP contribution in [0.5, 0.6) is 0 Å². The summed E-state index contributed by atoms with van der Waals surface area (Å²) >= 11 is 5.62. The van der Waals surface area contributed by atoms with Crippen LogP contribution in [0.4, 0.5) is 4.39 Å². The number of nitrogens with one attached hydrogen (secondary N) is 1. The van der Waals surface area contributed by atoms with Gasteiger partial charge in [0.1, 0.15) is 0 Å². The van der Waals surface area contributed by atoms with Crippen molar-refractivity contribution < 1.29 is 14.0 Å². The third kappa shape index (κ3) is 3.85. The van der Waals surface area contributed by atoms with Crippen LogP contribution in [0.3, 0.4) is 0 Å². The largest absolute Gasteiger partial charge is 0.344 e. The van der Waals surface area contributed by atoms with E-state index in [0.29, 0.717) is 6.54 Å². The highest BCUT2D eigenvalue weighted by atomic mass is 35.5. The number of piperidine rings is 1. The third-order valence-electron chi connectivity index (χ3n) is 4.43. The molecule has 1 aliphatic rings. The number of nitrogens with zero attached hydrogens (tertiary/aromatic N) is 4. The van der Waals surface area contributed by atoms with E-state index >= 15 is 0 Å². The Labute approximate surface area is 155 Å². The SMILES string of the molecule is Cn1cc(C2CCCCN2C(=O)C(=O)NCc2ccnc(Cl)c2F)cn1. The Hall–Kier alpha value is -2.48. The Morgan fingerprint density at radius 3 is 2.96 bits per heavy atom. The van der Waals surface area contributed by atoms with Crippen molar-refractivity contribution in [3.05, 3.63) is 46.8 Å². The number of aryl methyl sites for hydroxylation is 1. The van der Waals surface area contributed by atoms with Crippen molar-refractivity contribution in [1.29, 1.82) is 0 Å². The maximum atomic E-state index is 13.8. The van der Waals surface area contributed by atoms with Crippen molar-refractivity contribution >= 4 is 23.4 Å². The van der Waals surface area contributed by atoms with E-state index in [0.717, 1.165) is 24.8 Å². The number of rotatable bonds is 3. The van der Waals surface area contributed by atoms with E-state index in [-0.39, 0.29) is 23.3 Å². The molecule has 0 spiro atoms. The summed E-state index contributed by atoms with van der Waals surface area (Å²) < 4.78 is 15.5. The molecule has 1 N–H and O–H groups in total. The summed E-state index contributed by atoms with van der Waals surface area (Å²) in [6, 6.07) is 1.23. The van der Waals surface area contributed by atoms with Crippen LogP contribution in [-0.4, -0.2) is 38.0 Å². The van der Waals surface area contributed by atoms with Gasteiger partial charge in [-0.2, -0.15) is 5.10 Å². The molecule has 1 fully saturated rings. The number of hydrogen-bond donors (Lipinski definition) is 1. The van der Waals surface area contributed by atoms with Crippen LogP contribution >= 0.6 is 11.6 Å². The molecule has 1 aliphatic heterocycles. The number of aromatic nitrogens is 3. The molecule has 2 aromatic rings. The molecule has 26 heavy (non-hydrogen) atoms. The lowest BCUT2D eigenvalue weighted by atomic mass is 9.97. The molecule has 0 aliphatic carbocycles. The van der Waals surface area contributed by atoms with Crippen molar-refractivity contribution in [3.8, 4) is 0 Å². The number of carbonyl (C=O) groups excluding carboxylic acids is 2. The number of pyridine rings is 1. The first kappa shape index (κ1) is 18.3. The topological polar surface area (TPSA) is 80.1 Å². The van der Waals surface area contributed by atoms with Gasteiger partial charge in [-0.1, -0.05) is 11.6 Å². The number of halogens is 2. The molecule has 0 aromatic carbocycles. The van der Waals surface area contributed by atoms with Crippen LogP contribution in [0.25, 0.3) is 0 Å². The van der Waals surface area contributed by atoms with Gasteiger partial charge in [-0.05, 0) is 25.3 Å². The maximum absolute atomic E-state index is 13.8. The minimum atomic E-state index is -0.770. The minimum Gasteiger partial charge on any atom is -0.344 e. The predicted octanol–water partition coefficient (Wildman–Crippen LogP) is 1.98. The number of hydrogen-bond acceptors (Lipinski definition) is 4. The molecule has 1 atom stereocenters.